The summed E-state index contributed by atoms with van der Waals surface area (Å²) in [5.41, 5.74) is -2.25. The number of aliphatic hydroxyl groups is 1. The Bertz CT molecular complexity index is 3180. The van der Waals surface area contributed by atoms with Gasteiger partial charge < -0.3 is 65.0 Å². The first kappa shape index (κ1) is 87.4. The van der Waals surface area contributed by atoms with Crippen LogP contribution in [0.5, 0.6) is 0 Å². The Morgan fingerprint density at radius 1 is 0.682 bits per heavy atom. The first-order valence-corrected chi connectivity index (χ1v) is 39.0. The zero-order chi connectivity index (χ0) is 79.5. The van der Waals surface area contributed by atoms with E-state index in [1.807, 2.05) is 46.8 Å². The quantitative estimate of drug-likeness (QED) is 0.103. The number of nitrogens with one attached hydrogen (secondary N) is 3. The van der Waals surface area contributed by atoms with Crippen molar-refractivity contribution in [2.45, 2.75) is 268 Å². The molecule has 3 aliphatic carbocycles. The number of carbonyl (C=O) groups is 11. The van der Waals surface area contributed by atoms with E-state index in [2.05, 4.69) is 22.0 Å². The molecule has 13 atom stereocenters. The smallest absolute Gasteiger partial charge is 0.377 e. The first-order valence-electron chi connectivity index (χ1n) is 39.0. The summed E-state index contributed by atoms with van der Waals surface area (Å²) in [7, 11) is 11.6. The number of halogens is 5. The van der Waals surface area contributed by atoms with Crippen LogP contribution < -0.4 is 16.0 Å². The average Bonchev–Trinajstić information content (AvgIpc) is 1.29. The van der Waals surface area contributed by atoms with E-state index in [1.54, 1.807) is 19.9 Å². The number of ether oxygens (including phenoxy) is 1. The van der Waals surface area contributed by atoms with E-state index in [1.165, 1.54) is 90.7 Å². The standard InChI is InChI=1S/C77H123F5N12O13/c1-16-46(5)64-72(104)88(11)43-62(97)90(13)56-28-24-21-25-35-93(71(56)103)59-38-48-31-29-47(30-32-48)26-22-20-23-27-55(66(98)84-64)89(12)61(96)40-58(69(101)86(8)9)91(14)73(105)65(50(17-2)18-3)92(15)74(106)76(44-75(6,7)45-76)85-67(99)57-39-51(107-19-4)41-94(57)68(100)54(83-60(95)42-87(10)70(59)102)34-33-49-36-52(78)63(53(79)37-49)77(80,81)82/h21-22,24,26,46-59,63-65,73,105H,16-20,23,25,27-45H2,1-15H3,(H,83,95)(H,84,98)(H,85,99)/b24-21-,26-22+/t46-,47?,48?,49?,51+,52?,53?,54-,55-,56-,57-,58-,59-,63?,64-,65-,73?/m0/s1. The van der Waals surface area contributed by atoms with E-state index >= 15 is 42.3 Å². The van der Waals surface area contributed by atoms with E-state index < -0.39 is 218 Å². The topological polar surface area (TPSA) is 282 Å². The molecule has 25 nitrogen and oxygen atoms in total. The Kier molecular flexibility index (Phi) is 30.8. The fourth-order valence-electron chi connectivity index (χ4n) is 17.8. The van der Waals surface area contributed by atoms with Gasteiger partial charge in [-0.3, -0.25) is 57.6 Å². The van der Waals surface area contributed by atoms with Gasteiger partial charge in [0.1, 0.15) is 66.3 Å². The molecule has 1 spiro atoms. The molecular formula is C77H123F5N12O13. The van der Waals surface area contributed by atoms with Crippen LogP contribution >= 0.6 is 0 Å². The Hall–Kier alpha value is -6.82. The van der Waals surface area contributed by atoms with Gasteiger partial charge in [-0.1, -0.05) is 85.1 Å². The summed E-state index contributed by atoms with van der Waals surface area (Å²) < 4.78 is 79.2. The summed E-state index contributed by atoms with van der Waals surface area (Å²) in [6.45, 7) is 11.5. The second-order valence-electron chi connectivity index (χ2n) is 32.8. The fraction of sp³-hybridized carbons (Fsp3) is 0.805. The highest BCUT2D eigenvalue weighted by atomic mass is 19.4. The minimum absolute atomic E-state index is 0.0150. The summed E-state index contributed by atoms with van der Waals surface area (Å²) in [5, 5.41) is 21.7. The SMILES string of the molecule is CCO[C@@H]1C[C@H]2C(=O)NC3(CC(C)(C)C3)C(=O)N(C)[C@@H](C(CC)CC)C(O)N(C)[C@H](C(=O)N(C)C)CC(=O)N(C)[C@H]3CCC/C=C/C4CCC(CC4)C[C@@H](C(=O)N(C)CC(=O)N[C@@H](CCC4CC(F)C(C(F)(F)F)C(F)C4)C(=O)N2C1)N1CC/C=C\C[C@@H](C1=O)N(C)C(=O)CN(C)C(=O)[C@H]([C@@H](C)CC)NC3=O. The Balaban J connectivity index is 1.39. The third-order valence-corrected chi connectivity index (χ3v) is 24.3. The molecule has 0 aromatic rings. The van der Waals surface area contributed by atoms with E-state index in [-0.39, 0.29) is 76.5 Å². The fourth-order valence-corrected chi connectivity index (χ4v) is 17.8. The maximum atomic E-state index is 15.8. The zero-order valence-corrected chi connectivity index (χ0v) is 65.8. The molecule has 30 heteroatoms. The van der Waals surface area contributed by atoms with E-state index in [4.69, 9.17) is 4.74 Å². The van der Waals surface area contributed by atoms with Crippen molar-refractivity contribution < 1.29 is 84.5 Å². The van der Waals surface area contributed by atoms with Crippen LogP contribution in [0.15, 0.2) is 24.3 Å². The lowest BCUT2D eigenvalue weighted by Crippen LogP contribution is -2.72. The molecule has 9 rings (SSSR count). The molecule has 6 aliphatic heterocycles. The zero-order valence-electron chi connectivity index (χ0n) is 65.8. The molecule has 1 saturated heterocycles. The maximum absolute atomic E-state index is 15.8. The number of carbonyl (C=O) groups excluding carboxylic acids is 11. The highest BCUT2D eigenvalue weighted by Crippen LogP contribution is 2.50. The number of nitrogens with zero attached hydrogens (tertiary/aromatic N) is 9. The van der Waals surface area contributed by atoms with Gasteiger partial charge in [0.2, 0.25) is 65.0 Å². The Morgan fingerprint density at radius 2 is 1.31 bits per heavy atom. The van der Waals surface area contributed by atoms with Crippen molar-refractivity contribution in [1.82, 2.24) is 60.0 Å². The number of alkyl halides is 5. The number of amides is 11. The summed E-state index contributed by atoms with van der Waals surface area (Å²) in [4.78, 5) is 179. The second-order valence-corrected chi connectivity index (χ2v) is 32.8. The van der Waals surface area contributed by atoms with Crippen molar-refractivity contribution in [2.75, 3.05) is 89.2 Å². The van der Waals surface area contributed by atoms with Crippen molar-refractivity contribution in [2.24, 2.45) is 40.9 Å². The summed E-state index contributed by atoms with van der Waals surface area (Å²) in [5.74, 6) is -12.6. The molecule has 3 saturated carbocycles. The molecule has 4 N–H and O–H groups in total. The number of allylic oxidation sites excluding steroid dienone is 2. The van der Waals surface area contributed by atoms with Crippen molar-refractivity contribution >= 4 is 65.0 Å². The predicted octanol–water partition coefficient (Wildman–Crippen LogP) is 6.16. The number of hydrogen-bond donors (Lipinski definition) is 4. The van der Waals surface area contributed by atoms with Gasteiger partial charge in [0.25, 0.3) is 0 Å². The minimum Gasteiger partial charge on any atom is -0.377 e. The van der Waals surface area contributed by atoms with Gasteiger partial charge in [-0.2, -0.15) is 13.2 Å². The van der Waals surface area contributed by atoms with Crippen LogP contribution in [0.1, 0.15) is 183 Å². The molecule has 6 heterocycles. The van der Waals surface area contributed by atoms with Crippen molar-refractivity contribution in [3.05, 3.63) is 24.3 Å². The summed E-state index contributed by atoms with van der Waals surface area (Å²) in [6.07, 6.45) is -2.52. The van der Waals surface area contributed by atoms with Crippen molar-refractivity contribution in [3.63, 3.8) is 0 Å². The third kappa shape index (κ3) is 21.2. The average molecular weight is 1520 g/mol. The highest BCUT2D eigenvalue weighted by Gasteiger charge is 2.60. The second kappa shape index (κ2) is 37.7. The van der Waals surface area contributed by atoms with Crippen LogP contribution in [0.4, 0.5) is 22.0 Å². The van der Waals surface area contributed by atoms with Gasteiger partial charge in [-0.05, 0) is 152 Å². The van der Waals surface area contributed by atoms with Gasteiger partial charge >= 0.3 is 6.18 Å². The lowest BCUT2D eigenvalue weighted by molar-refractivity contribution is -0.219. The van der Waals surface area contributed by atoms with Gasteiger partial charge in [0.15, 0.2) is 0 Å². The Labute approximate surface area is 629 Å². The molecule has 0 aromatic carbocycles. The van der Waals surface area contributed by atoms with Crippen LogP contribution in [0.25, 0.3) is 0 Å². The van der Waals surface area contributed by atoms with E-state index in [9.17, 15) is 37.5 Å². The molecule has 11 amide bonds. The Morgan fingerprint density at radius 3 is 1.90 bits per heavy atom. The molecule has 0 aromatic heterocycles. The first-order chi connectivity index (χ1) is 50.2. The monoisotopic (exact) mass is 1520 g/mol. The molecule has 0 radical (unpaired) electrons. The van der Waals surface area contributed by atoms with E-state index in [0.29, 0.717) is 64.2 Å². The maximum Gasteiger partial charge on any atom is 0.397 e. The molecule has 6 bridgehead atoms. The summed E-state index contributed by atoms with van der Waals surface area (Å²) in [6, 6.07) is -10.4. The van der Waals surface area contributed by atoms with E-state index in [0.717, 1.165) is 9.80 Å². The largest absolute Gasteiger partial charge is 0.397 e. The number of hydrogen-bond acceptors (Lipinski definition) is 14. The molecule has 3 unspecified atom stereocenters. The van der Waals surface area contributed by atoms with Crippen LogP contribution in [-0.4, -0.2) is 288 Å². The predicted molar refractivity (Wildman–Crippen MR) is 391 cm³/mol. The number of aliphatic hydroxyl groups excluding tert-OH is 1. The lowest BCUT2D eigenvalue weighted by atomic mass is 9.58. The van der Waals surface area contributed by atoms with Gasteiger partial charge in [-0.25, -0.2) is 8.78 Å². The van der Waals surface area contributed by atoms with Crippen molar-refractivity contribution in [3.8, 4) is 0 Å². The van der Waals surface area contributed by atoms with Gasteiger partial charge in [0.05, 0.1) is 37.7 Å². The summed E-state index contributed by atoms with van der Waals surface area (Å²) >= 11 is 0. The normalized spacial score (nSPS) is 33.4. The van der Waals surface area contributed by atoms with Crippen LogP contribution in [0.2, 0.25) is 0 Å². The molecule has 9 aliphatic rings. The minimum atomic E-state index is -5.18. The highest BCUT2D eigenvalue weighted by molar-refractivity contribution is 5.99. The number of fused-ring (bicyclic) bond motifs is 22. The van der Waals surface area contributed by atoms with Crippen LogP contribution in [0.3, 0.4) is 0 Å². The lowest BCUT2D eigenvalue weighted by Gasteiger charge is -2.55. The van der Waals surface area contributed by atoms with Gasteiger partial charge in [-0.15, -0.1) is 0 Å². The number of rotatable bonds is 11. The molecule has 107 heavy (non-hydrogen) atoms. The van der Waals surface area contributed by atoms with Crippen LogP contribution in [0, 0.1) is 40.9 Å². The van der Waals surface area contributed by atoms with Crippen LogP contribution in [-0.2, 0) is 57.5 Å². The third-order valence-electron chi connectivity index (χ3n) is 24.3. The van der Waals surface area contributed by atoms with Gasteiger partial charge in [0, 0.05) is 75.5 Å². The molecule has 604 valence electrons. The number of likely N-dealkylation sites (N-methyl/N-ethyl adjacent to an activating group) is 7. The van der Waals surface area contributed by atoms with Crippen molar-refractivity contribution in [1.29, 1.82) is 0 Å². The molecule has 4 fully saturated rings. The molecular weight excluding hydrogens is 1400 g/mol.